The van der Waals surface area contributed by atoms with E-state index < -0.39 is 0 Å². The molecule has 0 aliphatic heterocycles. The minimum absolute atomic E-state index is 0.659. The fourth-order valence-corrected chi connectivity index (χ4v) is 1.05. The Morgan fingerprint density at radius 3 is 2.80 bits per heavy atom. The molecule has 0 aliphatic carbocycles. The summed E-state index contributed by atoms with van der Waals surface area (Å²) < 4.78 is 1.76. The lowest BCUT2D eigenvalue weighted by atomic mass is 10.4. The molecular weight excluding hydrogens is 146 g/mol. The van der Waals surface area contributed by atoms with Gasteiger partial charge in [-0.25, -0.2) is 0 Å². The molecule has 0 aromatic carbocycles. The van der Waals surface area contributed by atoms with Crippen molar-refractivity contribution in [3.8, 4) is 0 Å². The summed E-state index contributed by atoms with van der Waals surface area (Å²) in [5.74, 6) is 1.39. The van der Waals surface area contributed by atoms with Gasteiger partial charge in [0.1, 0.15) is 5.82 Å². The second kappa shape index (κ2) is 2.96. The molecule has 0 amide bonds. The highest BCUT2D eigenvalue weighted by Crippen LogP contribution is 2.12. The third-order valence-corrected chi connectivity index (χ3v) is 1.77. The summed E-state index contributed by atoms with van der Waals surface area (Å²) in [5.41, 5.74) is 6.68. The molecule has 1 rings (SSSR count). The van der Waals surface area contributed by atoms with Crippen LogP contribution in [0.2, 0.25) is 0 Å². The first-order chi connectivity index (χ1) is 4.79. The summed E-state index contributed by atoms with van der Waals surface area (Å²) in [4.78, 5) is 0. The van der Waals surface area contributed by atoms with Crippen molar-refractivity contribution in [2.45, 2.75) is 19.2 Å². The van der Waals surface area contributed by atoms with Gasteiger partial charge in [-0.2, -0.15) is 17.7 Å². The number of nitrogens with zero attached hydrogens (tertiary/aromatic N) is 2. The molecule has 0 spiro atoms. The van der Waals surface area contributed by atoms with E-state index in [2.05, 4.69) is 17.7 Å². The fraction of sp³-hybridized carbons (Fsp3) is 0.500. The van der Waals surface area contributed by atoms with Crippen LogP contribution in [0.3, 0.4) is 0 Å². The molecule has 56 valence electrons. The summed E-state index contributed by atoms with van der Waals surface area (Å²) in [6.45, 7) is 2.82. The van der Waals surface area contributed by atoms with Crippen LogP contribution in [-0.4, -0.2) is 9.78 Å². The van der Waals surface area contributed by atoms with E-state index >= 15 is 0 Å². The molecule has 1 aromatic rings. The second-order valence-electron chi connectivity index (χ2n) is 2.03. The van der Waals surface area contributed by atoms with Crippen molar-refractivity contribution in [2.24, 2.45) is 0 Å². The molecule has 0 aliphatic rings. The van der Waals surface area contributed by atoms with E-state index in [-0.39, 0.29) is 0 Å². The maximum atomic E-state index is 5.68. The molecule has 0 saturated heterocycles. The van der Waals surface area contributed by atoms with Gasteiger partial charge < -0.3 is 5.73 Å². The van der Waals surface area contributed by atoms with Crippen LogP contribution in [0.25, 0.3) is 0 Å². The SMILES string of the molecule is CCn1ncc(CS)c1N. The first kappa shape index (κ1) is 7.47. The van der Waals surface area contributed by atoms with Gasteiger partial charge in [0.15, 0.2) is 0 Å². The third kappa shape index (κ3) is 1.11. The molecule has 0 fully saturated rings. The van der Waals surface area contributed by atoms with Crippen LogP contribution in [0.4, 0.5) is 5.82 Å². The van der Waals surface area contributed by atoms with Gasteiger partial charge in [-0.05, 0) is 6.92 Å². The lowest BCUT2D eigenvalue weighted by molar-refractivity contribution is 0.669. The fourth-order valence-electron chi connectivity index (χ4n) is 0.807. The van der Waals surface area contributed by atoms with E-state index in [1.807, 2.05) is 6.92 Å². The number of hydrogen-bond acceptors (Lipinski definition) is 3. The van der Waals surface area contributed by atoms with Crippen molar-refractivity contribution < 1.29 is 0 Å². The van der Waals surface area contributed by atoms with Crippen molar-refractivity contribution in [3.05, 3.63) is 11.8 Å². The van der Waals surface area contributed by atoms with Gasteiger partial charge in [-0.15, -0.1) is 0 Å². The van der Waals surface area contributed by atoms with Gasteiger partial charge in [0, 0.05) is 17.9 Å². The Morgan fingerprint density at radius 2 is 2.50 bits per heavy atom. The van der Waals surface area contributed by atoms with E-state index in [4.69, 9.17) is 5.73 Å². The largest absolute Gasteiger partial charge is 0.384 e. The van der Waals surface area contributed by atoms with E-state index in [1.165, 1.54) is 0 Å². The summed E-state index contributed by atoms with van der Waals surface area (Å²) in [7, 11) is 0. The Labute approximate surface area is 65.6 Å². The molecule has 1 aromatic heterocycles. The van der Waals surface area contributed by atoms with Gasteiger partial charge in [-0.1, -0.05) is 0 Å². The average molecular weight is 157 g/mol. The molecule has 1 heterocycles. The van der Waals surface area contributed by atoms with Crippen molar-refractivity contribution >= 4 is 18.4 Å². The maximum absolute atomic E-state index is 5.68. The zero-order valence-corrected chi connectivity index (χ0v) is 6.80. The van der Waals surface area contributed by atoms with Crippen LogP contribution in [0, 0.1) is 0 Å². The Balaban J connectivity index is 2.97. The first-order valence-corrected chi connectivity index (χ1v) is 3.83. The molecule has 0 radical (unpaired) electrons. The Bertz CT molecular complexity index is 197. The standard InChI is InChI=1S/C6H11N3S/c1-2-9-6(7)5(4-10)3-8-9/h3,10H,2,4,7H2,1H3. The molecule has 0 bridgehead atoms. The number of nitrogen functional groups attached to an aromatic ring is 1. The van der Waals surface area contributed by atoms with E-state index in [0.29, 0.717) is 5.75 Å². The van der Waals surface area contributed by atoms with Gasteiger partial charge in [0.05, 0.1) is 6.20 Å². The molecule has 0 saturated carbocycles. The van der Waals surface area contributed by atoms with Gasteiger partial charge >= 0.3 is 0 Å². The Hall–Kier alpha value is -0.640. The van der Waals surface area contributed by atoms with Crippen molar-refractivity contribution in [3.63, 3.8) is 0 Å². The molecule has 0 unspecified atom stereocenters. The van der Waals surface area contributed by atoms with Crippen molar-refractivity contribution in [2.75, 3.05) is 5.73 Å². The van der Waals surface area contributed by atoms with Crippen LogP contribution in [0.15, 0.2) is 6.20 Å². The molecule has 4 heteroatoms. The van der Waals surface area contributed by atoms with Gasteiger partial charge in [0.2, 0.25) is 0 Å². The molecule has 2 N–H and O–H groups in total. The lowest BCUT2D eigenvalue weighted by Crippen LogP contribution is -2.02. The number of rotatable bonds is 2. The highest BCUT2D eigenvalue weighted by Gasteiger charge is 2.02. The van der Waals surface area contributed by atoms with Gasteiger partial charge in [0.25, 0.3) is 0 Å². The predicted octanol–water partition coefficient (Wildman–Crippen LogP) is 0.915. The number of nitrogens with two attached hydrogens (primary N) is 1. The van der Waals surface area contributed by atoms with Gasteiger partial charge in [-0.3, -0.25) is 4.68 Å². The minimum Gasteiger partial charge on any atom is -0.384 e. The minimum atomic E-state index is 0.659. The summed E-state index contributed by atoms with van der Waals surface area (Å²) in [6, 6.07) is 0. The van der Waals surface area contributed by atoms with Crippen molar-refractivity contribution in [1.82, 2.24) is 9.78 Å². The number of hydrogen-bond donors (Lipinski definition) is 2. The number of thiol groups is 1. The quantitative estimate of drug-likeness (QED) is 0.627. The summed E-state index contributed by atoms with van der Waals surface area (Å²) in [5, 5.41) is 4.05. The van der Waals surface area contributed by atoms with Crippen LogP contribution < -0.4 is 5.73 Å². The van der Waals surface area contributed by atoms with E-state index in [9.17, 15) is 0 Å². The second-order valence-corrected chi connectivity index (χ2v) is 2.35. The lowest BCUT2D eigenvalue weighted by Gasteiger charge is -1.98. The summed E-state index contributed by atoms with van der Waals surface area (Å²) in [6.07, 6.45) is 1.76. The highest BCUT2D eigenvalue weighted by molar-refractivity contribution is 7.79. The smallest absolute Gasteiger partial charge is 0.125 e. The van der Waals surface area contributed by atoms with Crippen LogP contribution >= 0.6 is 12.6 Å². The number of aromatic nitrogens is 2. The monoisotopic (exact) mass is 157 g/mol. The van der Waals surface area contributed by atoms with Crippen LogP contribution in [0.5, 0.6) is 0 Å². The topological polar surface area (TPSA) is 43.8 Å². The normalized spacial score (nSPS) is 10.2. The molecule has 10 heavy (non-hydrogen) atoms. The third-order valence-electron chi connectivity index (χ3n) is 1.43. The zero-order valence-electron chi connectivity index (χ0n) is 5.91. The van der Waals surface area contributed by atoms with E-state index in [1.54, 1.807) is 10.9 Å². The number of anilines is 1. The predicted molar refractivity (Wildman–Crippen MR) is 45.0 cm³/mol. The number of aryl methyl sites for hydroxylation is 1. The van der Waals surface area contributed by atoms with Crippen LogP contribution in [-0.2, 0) is 12.3 Å². The first-order valence-electron chi connectivity index (χ1n) is 3.20. The van der Waals surface area contributed by atoms with Crippen LogP contribution in [0.1, 0.15) is 12.5 Å². The molecule has 3 nitrogen and oxygen atoms in total. The Kier molecular flexibility index (Phi) is 2.21. The maximum Gasteiger partial charge on any atom is 0.125 e. The van der Waals surface area contributed by atoms with Crippen molar-refractivity contribution in [1.29, 1.82) is 0 Å². The highest BCUT2D eigenvalue weighted by atomic mass is 32.1. The average Bonchev–Trinajstić information content (AvgIpc) is 2.30. The zero-order chi connectivity index (χ0) is 7.56. The molecule has 0 atom stereocenters. The Morgan fingerprint density at radius 1 is 1.80 bits per heavy atom. The summed E-state index contributed by atoms with van der Waals surface area (Å²) >= 11 is 4.10. The molecular formula is C6H11N3S. The van der Waals surface area contributed by atoms with E-state index in [0.717, 1.165) is 17.9 Å².